The lowest BCUT2D eigenvalue weighted by Crippen LogP contribution is -2.30. The van der Waals surface area contributed by atoms with Crippen LogP contribution in [0.4, 0.5) is 11.4 Å². The first-order chi connectivity index (χ1) is 25.2. The molecule has 5 aromatic rings. The minimum atomic E-state index is -0.626. The van der Waals surface area contributed by atoms with Crippen molar-refractivity contribution in [2.75, 3.05) is 32.0 Å². The zero-order chi connectivity index (χ0) is 37.0. The van der Waals surface area contributed by atoms with E-state index in [2.05, 4.69) is 16.0 Å². The monoisotopic (exact) mass is 716 g/mol. The van der Waals surface area contributed by atoms with Gasteiger partial charge in [0.1, 0.15) is 10.9 Å². The van der Waals surface area contributed by atoms with Crippen molar-refractivity contribution in [1.82, 2.24) is 5.32 Å². The summed E-state index contributed by atoms with van der Waals surface area (Å²) in [6, 6.07) is 34.5. The van der Waals surface area contributed by atoms with E-state index in [1.54, 1.807) is 91.0 Å². The molecule has 0 aliphatic heterocycles. The Balaban J connectivity index is 1.37. The molecular formula is C40H36N4O7S. The number of nitrogens with one attached hydrogen (secondary N) is 3. The quantitative estimate of drug-likeness (QED) is 0.0731. The summed E-state index contributed by atoms with van der Waals surface area (Å²) in [6.07, 6.45) is 1.51. The van der Waals surface area contributed by atoms with Crippen LogP contribution in [0.3, 0.4) is 0 Å². The first kappa shape index (κ1) is 36.7. The van der Waals surface area contributed by atoms with Gasteiger partial charge >= 0.3 is 0 Å². The van der Waals surface area contributed by atoms with Crippen LogP contribution >= 0.6 is 11.8 Å². The molecule has 0 bridgehead atoms. The normalized spacial score (nSPS) is 11.5. The van der Waals surface area contributed by atoms with Crippen LogP contribution in [0.25, 0.3) is 6.08 Å². The number of primary amides is 1. The molecule has 0 radical (unpaired) electrons. The maximum absolute atomic E-state index is 13.7. The number of rotatable bonds is 14. The molecule has 0 fully saturated rings. The Morgan fingerprint density at radius 3 is 1.79 bits per heavy atom. The van der Waals surface area contributed by atoms with Gasteiger partial charge in [-0.25, -0.2) is 0 Å². The van der Waals surface area contributed by atoms with Gasteiger partial charge in [-0.05, 0) is 90.0 Å². The second kappa shape index (κ2) is 17.4. The van der Waals surface area contributed by atoms with Crippen LogP contribution < -0.4 is 35.9 Å². The minimum absolute atomic E-state index is 0.0359. The van der Waals surface area contributed by atoms with Crippen LogP contribution in [0.5, 0.6) is 17.2 Å². The van der Waals surface area contributed by atoms with Crippen LogP contribution in [0.1, 0.15) is 37.1 Å². The van der Waals surface area contributed by atoms with E-state index >= 15 is 0 Å². The molecule has 0 saturated carbocycles. The highest BCUT2D eigenvalue weighted by atomic mass is 32.2. The van der Waals surface area contributed by atoms with Crippen molar-refractivity contribution in [3.05, 3.63) is 149 Å². The van der Waals surface area contributed by atoms with Crippen LogP contribution in [0.2, 0.25) is 0 Å². The van der Waals surface area contributed by atoms with Crippen LogP contribution in [-0.2, 0) is 9.59 Å². The van der Waals surface area contributed by atoms with Gasteiger partial charge in [0, 0.05) is 27.4 Å². The van der Waals surface area contributed by atoms with Gasteiger partial charge in [0.15, 0.2) is 11.5 Å². The molecule has 0 aliphatic rings. The fraction of sp³-hybridized carbons (Fsp3) is 0.100. The largest absolute Gasteiger partial charge is 0.493 e. The number of anilines is 2. The van der Waals surface area contributed by atoms with Crippen molar-refractivity contribution in [2.24, 2.45) is 5.73 Å². The van der Waals surface area contributed by atoms with E-state index in [1.165, 1.54) is 39.2 Å². The SMILES string of the molecule is COc1cc(/C=C(\NC(=O)c2ccccc2)C(=O)Nc2ccc(SC(C(=O)Nc3ccc(C(N)=O)cc3)c3ccccc3)cc2)cc(OC)c1OC. The molecule has 1 atom stereocenters. The Labute approximate surface area is 305 Å². The molecule has 0 saturated heterocycles. The molecule has 52 heavy (non-hydrogen) atoms. The molecule has 1 unspecified atom stereocenters. The molecule has 0 heterocycles. The van der Waals surface area contributed by atoms with Gasteiger partial charge < -0.3 is 35.9 Å². The maximum atomic E-state index is 13.7. The lowest BCUT2D eigenvalue weighted by Gasteiger charge is -2.18. The molecule has 11 nitrogen and oxygen atoms in total. The number of carbonyl (C=O) groups excluding carboxylic acids is 4. The predicted molar refractivity (Wildman–Crippen MR) is 202 cm³/mol. The highest BCUT2D eigenvalue weighted by Crippen LogP contribution is 2.39. The van der Waals surface area contributed by atoms with E-state index in [0.717, 1.165) is 10.5 Å². The smallest absolute Gasteiger partial charge is 0.272 e. The highest BCUT2D eigenvalue weighted by Gasteiger charge is 2.23. The number of hydrogen-bond acceptors (Lipinski definition) is 8. The van der Waals surface area contributed by atoms with Gasteiger partial charge in [0.25, 0.3) is 11.8 Å². The summed E-state index contributed by atoms with van der Waals surface area (Å²) in [5.74, 6) is -0.755. The van der Waals surface area contributed by atoms with E-state index in [9.17, 15) is 19.2 Å². The first-order valence-electron chi connectivity index (χ1n) is 15.9. The van der Waals surface area contributed by atoms with Gasteiger partial charge in [-0.1, -0.05) is 48.5 Å². The molecule has 5 rings (SSSR count). The van der Waals surface area contributed by atoms with E-state index in [1.807, 2.05) is 30.3 Å². The summed E-state index contributed by atoms with van der Waals surface area (Å²) in [4.78, 5) is 52.6. The number of benzene rings is 5. The third-order valence-electron chi connectivity index (χ3n) is 7.67. The van der Waals surface area contributed by atoms with Crippen molar-refractivity contribution >= 4 is 52.8 Å². The molecule has 5 aromatic carbocycles. The molecular weight excluding hydrogens is 681 g/mol. The molecule has 12 heteroatoms. The molecule has 264 valence electrons. The summed E-state index contributed by atoms with van der Waals surface area (Å²) in [5.41, 5.74) is 8.27. The Hall–Kier alpha value is -6.53. The summed E-state index contributed by atoms with van der Waals surface area (Å²) in [6.45, 7) is 0. The number of methoxy groups -OCH3 is 3. The second-order valence-electron chi connectivity index (χ2n) is 11.2. The average molecular weight is 717 g/mol. The minimum Gasteiger partial charge on any atom is -0.493 e. The molecule has 0 aromatic heterocycles. The third kappa shape index (κ3) is 9.37. The Kier molecular flexibility index (Phi) is 12.3. The van der Waals surface area contributed by atoms with Gasteiger partial charge in [-0.2, -0.15) is 0 Å². The summed E-state index contributed by atoms with van der Waals surface area (Å²) in [7, 11) is 4.46. The molecule has 0 aliphatic carbocycles. The van der Waals surface area contributed by atoms with Crippen molar-refractivity contribution in [2.45, 2.75) is 10.1 Å². The number of amides is 4. The van der Waals surface area contributed by atoms with E-state index in [0.29, 0.717) is 45.3 Å². The second-order valence-corrected chi connectivity index (χ2v) is 12.3. The zero-order valence-electron chi connectivity index (χ0n) is 28.5. The number of ether oxygens (including phenoxy) is 3. The summed E-state index contributed by atoms with van der Waals surface area (Å²) in [5, 5.41) is 7.86. The highest BCUT2D eigenvalue weighted by molar-refractivity contribution is 8.00. The zero-order valence-corrected chi connectivity index (χ0v) is 29.4. The maximum Gasteiger partial charge on any atom is 0.272 e. The van der Waals surface area contributed by atoms with Crippen molar-refractivity contribution in [1.29, 1.82) is 0 Å². The number of hydrogen-bond donors (Lipinski definition) is 4. The Bertz CT molecular complexity index is 2050. The van der Waals surface area contributed by atoms with Crippen molar-refractivity contribution in [3.8, 4) is 17.2 Å². The van der Waals surface area contributed by atoms with Crippen LogP contribution in [0.15, 0.2) is 132 Å². The average Bonchev–Trinajstić information content (AvgIpc) is 3.17. The van der Waals surface area contributed by atoms with Gasteiger partial charge in [0.05, 0.1) is 21.3 Å². The topological polar surface area (TPSA) is 158 Å². The van der Waals surface area contributed by atoms with Crippen molar-refractivity contribution in [3.63, 3.8) is 0 Å². The number of thioether (sulfide) groups is 1. The van der Waals surface area contributed by atoms with Gasteiger partial charge in [-0.15, -0.1) is 11.8 Å². The standard InChI is InChI=1S/C40H36N4O7S/c1-49-33-23-25(24-34(50-2)35(33)51-3)22-32(44-38(46)28-12-8-5-9-13-28)39(47)42-30-18-20-31(21-19-30)52-36(26-10-6-4-7-11-26)40(48)43-29-16-14-27(15-17-29)37(41)45/h4-24,36H,1-3H3,(H2,41,45)(H,42,47)(H,43,48)(H,44,46)/b32-22-. The lowest BCUT2D eigenvalue weighted by molar-refractivity contribution is -0.116. The fourth-order valence-electron chi connectivity index (χ4n) is 5.07. The molecule has 5 N–H and O–H groups in total. The summed E-state index contributed by atoms with van der Waals surface area (Å²) >= 11 is 1.33. The van der Waals surface area contributed by atoms with Gasteiger partial charge in [0.2, 0.25) is 17.6 Å². The van der Waals surface area contributed by atoms with Crippen LogP contribution in [-0.4, -0.2) is 45.0 Å². The van der Waals surface area contributed by atoms with E-state index in [4.69, 9.17) is 19.9 Å². The number of carbonyl (C=O) groups is 4. The lowest BCUT2D eigenvalue weighted by atomic mass is 10.1. The van der Waals surface area contributed by atoms with Crippen LogP contribution in [0, 0.1) is 0 Å². The third-order valence-corrected chi connectivity index (χ3v) is 8.94. The van der Waals surface area contributed by atoms with E-state index < -0.39 is 23.0 Å². The molecule has 4 amide bonds. The first-order valence-corrected chi connectivity index (χ1v) is 16.8. The molecule has 0 spiro atoms. The summed E-state index contributed by atoms with van der Waals surface area (Å²) < 4.78 is 16.4. The predicted octanol–water partition coefficient (Wildman–Crippen LogP) is 6.69. The Morgan fingerprint density at radius 1 is 0.673 bits per heavy atom. The number of nitrogens with two attached hydrogens (primary N) is 1. The van der Waals surface area contributed by atoms with E-state index in [-0.39, 0.29) is 11.6 Å². The van der Waals surface area contributed by atoms with Gasteiger partial charge in [-0.3, -0.25) is 19.2 Å². The fourth-order valence-corrected chi connectivity index (χ4v) is 6.10. The Morgan fingerprint density at radius 2 is 1.23 bits per heavy atom. The van der Waals surface area contributed by atoms with Crippen molar-refractivity contribution < 1.29 is 33.4 Å².